The number of piperidine rings is 1. The summed E-state index contributed by atoms with van der Waals surface area (Å²) >= 11 is 0. The van der Waals surface area contributed by atoms with E-state index >= 15 is 0 Å². The van der Waals surface area contributed by atoms with Gasteiger partial charge in [-0.05, 0) is 12.8 Å². The van der Waals surface area contributed by atoms with E-state index in [1.54, 1.807) is 0 Å². The van der Waals surface area contributed by atoms with E-state index in [1.807, 2.05) is 0 Å². The first-order valence-electron chi connectivity index (χ1n) is 5.43. The van der Waals surface area contributed by atoms with Crippen molar-refractivity contribution in [3.63, 3.8) is 0 Å². The number of carbonyl (C=O) groups excluding carboxylic acids is 3. The molecule has 7 nitrogen and oxygen atoms in total. The molecular weight excluding hydrogens is 226 g/mol. The monoisotopic (exact) mass is 243 g/mol. The van der Waals surface area contributed by atoms with Gasteiger partial charge in [0.15, 0.2) is 0 Å². The molecule has 0 spiro atoms. The van der Waals surface area contributed by atoms with Crippen molar-refractivity contribution < 1.29 is 19.1 Å². The van der Waals surface area contributed by atoms with Crippen molar-refractivity contribution in [3.8, 4) is 0 Å². The number of amides is 3. The second kappa shape index (κ2) is 6.07. The molecule has 1 heterocycles. The van der Waals surface area contributed by atoms with Gasteiger partial charge in [-0.2, -0.15) is 0 Å². The smallest absolute Gasteiger partial charge is 0.325 e. The average Bonchev–Trinajstić information content (AvgIpc) is 2.35. The van der Waals surface area contributed by atoms with Gasteiger partial charge in [0.05, 0.1) is 13.0 Å². The largest absolute Gasteiger partial charge is 0.468 e. The third kappa shape index (κ3) is 3.93. The number of nitrogens with two attached hydrogens (primary N) is 1. The molecule has 1 aliphatic rings. The number of ether oxygens (including phenoxy) is 1. The summed E-state index contributed by atoms with van der Waals surface area (Å²) in [4.78, 5) is 35.0. The molecule has 96 valence electrons. The van der Waals surface area contributed by atoms with Gasteiger partial charge < -0.3 is 20.7 Å². The summed E-state index contributed by atoms with van der Waals surface area (Å²) < 4.78 is 4.41. The predicted molar refractivity (Wildman–Crippen MR) is 58.9 cm³/mol. The van der Waals surface area contributed by atoms with Crippen LogP contribution in [0.5, 0.6) is 0 Å². The Bertz CT molecular complexity index is 319. The molecule has 3 amide bonds. The lowest BCUT2D eigenvalue weighted by Crippen LogP contribution is -2.48. The number of hydrogen-bond donors (Lipinski definition) is 2. The Morgan fingerprint density at radius 2 is 2.18 bits per heavy atom. The van der Waals surface area contributed by atoms with Crippen LogP contribution in [-0.2, 0) is 14.3 Å². The van der Waals surface area contributed by atoms with Gasteiger partial charge in [-0.15, -0.1) is 0 Å². The van der Waals surface area contributed by atoms with Crippen LogP contribution in [0.4, 0.5) is 4.79 Å². The van der Waals surface area contributed by atoms with Crippen molar-refractivity contribution >= 4 is 17.9 Å². The number of rotatable bonds is 3. The van der Waals surface area contributed by atoms with Crippen molar-refractivity contribution in [1.29, 1.82) is 0 Å². The fourth-order valence-corrected chi connectivity index (χ4v) is 1.77. The van der Waals surface area contributed by atoms with Crippen molar-refractivity contribution in [2.75, 3.05) is 26.7 Å². The Kier molecular flexibility index (Phi) is 4.74. The molecule has 0 bridgehead atoms. The second-order valence-corrected chi connectivity index (χ2v) is 3.92. The number of carbonyl (C=O) groups is 3. The quantitative estimate of drug-likeness (QED) is 0.625. The molecule has 1 unspecified atom stereocenters. The minimum atomic E-state index is -0.518. The molecule has 1 aliphatic heterocycles. The maximum Gasteiger partial charge on any atom is 0.325 e. The molecule has 1 atom stereocenters. The van der Waals surface area contributed by atoms with E-state index in [-0.39, 0.29) is 18.4 Å². The van der Waals surface area contributed by atoms with Crippen LogP contribution in [0.2, 0.25) is 0 Å². The molecular formula is C10H17N3O4. The highest BCUT2D eigenvalue weighted by atomic mass is 16.5. The highest BCUT2D eigenvalue weighted by molar-refractivity contribution is 5.84. The summed E-state index contributed by atoms with van der Waals surface area (Å²) in [5, 5.41) is 2.47. The Balaban J connectivity index is 2.41. The van der Waals surface area contributed by atoms with Crippen molar-refractivity contribution in [2.45, 2.75) is 12.8 Å². The third-order valence-corrected chi connectivity index (χ3v) is 2.74. The number of nitrogens with one attached hydrogen (secondary N) is 1. The van der Waals surface area contributed by atoms with Gasteiger partial charge in [0.2, 0.25) is 5.91 Å². The zero-order chi connectivity index (χ0) is 12.8. The Labute approximate surface area is 99.3 Å². The fraction of sp³-hybridized carbons (Fsp3) is 0.700. The van der Waals surface area contributed by atoms with E-state index in [4.69, 9.17) is 5.73 Å². The number of urea groups is 1. The molecule has 0 aromatic carbocycles. The molecule has 0 radical (unpaired) electrons. The van der Waals surface area contributed by atoms with E-state index < -0.39 is 12.0 Å². The van der Waals surface area contributed by atoms with Gasteiger partial charge in [0.25, 0.3) is 0 Å². The van der Waals surface area contributed by atoms with E-state index in [1.165, 1.54) is 12.0 Å². The lowest BCUT2D eigenvalue weighted by Gasteiger charge is -2.30. The van der Waals surface area contributed by atoms with Gasteiger partial charge in [-0.25, -0.2) is 4.79 Å². The molecule has 0 aromatic rings. The van der Waals surface area contributed by atoms with Gasteiger partial charge in [-0.3, -0.25) is 9.59 Å². The molecule has 7 heteroatoms. The maximum absolute atomic E-state index is 11.7. The number of hydrogen-bond acceptors (Lipinski definition) is 4. The van der Waals surface area contributed by atoms with Gasteiger partial charge in [0.1, 0.15) is 6.54 Å². The predicted octanol–water partition coefficient (Wildman–Crippen LogP) is -0.934. The number of likely N-dealkylation sites (tertiary alicyclic amines) is 1. The van der Waals surface area contributed by atoms with E-state index in [0.29, 0.717) is 19.5 Å². The van der Waals surface area contributed by atoms with E-state index in [2.05, 4.69) is 10.1 Å². The second-order valence-electron chi connectivity index (χ2n) is 3.92. The first-order chi connectivity index (χ1) is 8.04. The lowest BCUT2D eigenvalue weighted by molar-refractivity contribution is -0.141. The first-order valence-corrected chi connectivity index (χ1v) is 5.43. The normalized spacial score (nSPS) is 19.6. The minimum absolute atomic E-state index is 0.150. The van der Waals surface area contributed by atoms with Crippen molar-refractivity contribution in [1.82, 2.24) is 10.2 Å². The molecule has 1 fully saturated rings. The summed E-state index contributed by atoms with van der Waals surface area (Å²) in [6, 6.07) is -0.518. The SMILES string of the molecule is COC(=O)CNC(=O)C1CCCN(C(N)=O)C1. The number of primary amides is 1. The maximum atomic E-state index is 11.7. The van der Waals surface area contributed by atoms with Crippen LogP contribution in [0.25, 0.3) is 0 Å². The van der Waals surface area contributed by atoms with Crippen LogP contribution in [-0.4, -0.2) is 49.6 Å². The number of methoxy groups -OCH3 is 1. The van der Waals surface area contributed by atoms with Crippen LogP contribution >= 0.6 is 0 Å². The molecule has 1 saturated heterocycles. The van der Waals surface area contributed by atoms with E-state index in [0.717, 1.165) is 6.42 Å². The van der Waals surface area contributed by atoms with Gasteiger partial charge in [-0.1, -0.05) is 0 Å². The zero-order valence-electron chi connectivity index (χ0n) is 9.77. The lowest BCUT2D eigenvalue weighted by atomic mass is 9.97. The van der Waals surface area contributed by atoms with Crippen molar-refractivity contribution in [3.05, 3.63) is 0 Å². The fourth-order valence-electron chi connectivity index (χ4n) is 1.77. The van der Waals surface area contributed by atoms with Gasteiger partial charge in [0, 0.05) is 13.1 Å². The number of esters is 1. The highest BCUT2D eigenvalue weighted by Gasteiger charge is 2.27. The summed E-state index contributed by atoms with van der Waals surface area (Å²) in [5.74, 6) is -1.05. The molecule has 17 heavy (non-hydrogen) atoms. The zero-order valence-corrected chi connectivity index (χ0v) is 9.77. The van der Waals surface area contributed by atoms with Crippen LogP contribution in [0, 0.1) is 5.92 Å². The minimum Gasteiger partial charge on any atom is -0.468 e. The standard InChI is InChI=1S/C10H17N3O4/c1-17-8(14)5-12-9(15)7-3-2-4-13(6-7)10(11)16/h7H,2-6H2,1H3,(H2,11,16)(H,12,15). The Hall–Kier alpha value is -1.79. The summed E-state index contributed by atoms with van der Waals surface area (Å²) in [6.45, 7) is 0.737. The molecule has 0 aliphatic carbocycles. The third-order valence-electron chi connectivity index (χ3n) is 2.74. The van der Waals surface area contributed by atoms with E-state index in [9.17, 15) is 14.4 Å². The molecule has 1 rings (SSSR count). The Morgan fingerprint density at radius 3 is 2.76 bits per heavy atom. The topological polar surface area (TPSA) is 102 Å². The van der Waals surface area contributed by atoms with Crippen molar-refractivity contribution in [2.24, 2.45) is 11.7 Å². The highest BCUT2D eigenvalue weighted by Crippen LogP contribution is 2.16. The first kappa shape index (κ1) is 13.3. The summed E-state index contributed by atoms with van der Waals surface area (Å²) in [5.41, 5.74) is 5.15. The molecule has 0 aromatic heterocycles. The van der Waals surface area contributed by atoms with Crippen LogP contribution in [0.15, 0.2) is 0 Å². The van der Waals surface area contributed by atoms with Crippen LogP contribution in [0.1, 0.15) is 12.8 Å². The average molecular weight is 243 g/mol. The van der Waals surface area contributed by atoms with Gasteiger partial charge >= 0.3 is 12.0 Å². The van der Waals surface area contributed by atoms with Crippen LogP contribution < -0.4 is 11.1 Å². The Morgan fingerprint density at radius 1 is 1.47 bits per heavy atom. The molecule has 3 N–H and O–H groups in total. The van der Waals surface area contributed by atoms with Crippen LogP contribution in [0.3, 0.4) is 0 Å². The summed E-state index contributed by atoms with van der Waals surface area (Å²) in [6.07, 6.45) is 1.43. The summed E-state index contributed by atoms with van der Waals surface area (Å²) in [7, 11) is 1.25. The number of nitrogens with zero attached hydrogens (tertiary/aromatic N) is 1. The molecule has 0 saturated carbocycles.